The van der Waals surface area contributed by atoms with Crippen LogP contribution in [0.5, 0.6) is 0 Å². The highest BCUT2D eigenvalue weighted by Crippen LogP contribution is 2.12. The molecule has 0 aliphatic rings. The quantitative estimate of drug-likeness (QED) is 0.537. The van der Waals surface area contributed by atoms with Gasteiger partial charge < -0.3 is 20.3 Å². The fourth-order valence-corrected chi connectivity index (χ4v) is 1.05. The van der Waals surface area contributed by atoms with Gasteiger partial charge in [-0.25, -0.2) is 4.79 Å². The normalized spacial score (nSPS) is 11.2. The van der Waals surface area contributed by atoms with Gasteiger partial charge in [-0.1, -0.05) is 13.8 Å². The standard InChI is InChI=1S/C10H19NO5/c1-3-10(15,4-2)7-11-8(12)5-16-6-9(13)14/h15H,3-7H2,1-2H3,(H,11,12)(H,13,14). The van der Waals surface area contributed by atoms with Crippen molar-refractivity contribution in [1.29, 1.82) is 0 Å². The Balaban J connectivity index is 3.76. The first kappa shape index (κ1) is 14.9. The maximum atomic E-state index is 11.2. The second kappa shape index (κ2) is 7.19. The first-order valence-electron chi connectivity index (χ1n) is 5.22. The molecule has 0 unspecified atom stereocenters. The van der Waals surface area contributed by atoms with E-state index in [1.165, 1.54) is 0 Å². The summed E-state index contributed by atoms with van der Waals surface area (Å²) in [6.45, 7) is 3.00. The fraction of sp³-hybridized carbons (Fsp3) is 0.800. The molecule has 0 rings (SSSR count). The largest absolute Gasteiger partial charge is 0.480 e. The third kappa shape index (κ3) is 6.36. The van der Waals surface area contributed by atoms with Crippen LogP contribution in [0, 0.1) is 0 Å². The molecule has 94 valence electrons. The molecule has 0 aromatic rings. The van der Waals surface area contributed by atoms with Crippen LogP contribution in [0.1, 0.15) is 26.7 Å². The van der Waals surface area contributed by atoms with Gasteiger partial charge in [0.05, 0.1) is 5.60 Å². The lowest BCUT2D eigenvalue weighted by atomic mass is 9.98. The molecule has 6 nitrogen and oxygen atoms in total. The third-order valence-corrected chi connectivity index (χ3v) is 2.39. The number of rotatable bonds is 8. The van der Waals surface area contributed by atoms with E-state index in [-0.39, 0.29) is 13.2 Å². The summed E-state index contributed by atoms with van der Waals surface area (Å²) < 4.78 is 4.60. The van der Waals surface area contributed by atoms with E-state index >= 15 is 0 Å². The Kier molecular flexibility index (Phi) is 6.67. The molecule has 0 heterocycles. The average molecular weight is 233 g/mol. The number of carboxylic acid groups (broad SMARTS) is 1. The molecule has 0 fully saturated rings. The molecule has 3 N–H and O–H groups in total. The Hall–Kier alpha value is -1.14. The number of nitrogens with one attached hydrogen (secondary N) is 1. The van der Waals surface area contributed by atoms with Gasteiger partial charge in [-0.3, -0.25) is 4.79 Å². The summed E-state index contributed by atoms with van der Waals surface area (Å²) in [7, 11) is 0. The Labute approximate surface area is 94.6 Å². The van der Waals surface area contributed by atoms with Crippen LogP contribution in [0.2, 0.25) is 0 Å². The van der Waals surface area contributed by atoms with E-state index in [9.17, 15) is 14.7 Å². The molecule has 0 spiro atoms. The zero-order valence-electron chi connectivity index (χ0n) is 9.65. The fourth-order valence-electron chi connectivity index (χ4n) is 1.05. The van der Waals surface area contributed by atoms with Crippen molar-refractivity contribution >= 4 is 11.9 Å². The number of aliphatic hydroxyl groups is 1. The van der Waals surface area contributed by atoms with E-state index in [1.807, 2.05) is 13.8 Å². The molecule has 16 heavy (non-hydrogen) atoms. The highest BCUT2D eigenvalue weighted by molar-refractivity contribution is 5.77. The van der Waals surface area contributed by atoms with Crippen molar-refractivity contribution in [1.82, 2.24) is 5.32 Å². The lowest BCUT2D eigenvalue weighted by Gasteiger charge is -2.25. The van der Waals surface area contributed by atoms with Crippen LogP contribution < -0.4 is 5.32 Å². The summed E-state index contributed by atoms with van der Waals surface area (Å²) in [5.41, 5.74) is -0.900. The van der Waals surface area contributed by atoms with Crippen LogP contribution in [0.15, 0.2) is 0 Å². The highest BCUT2D eigenvalue weighted by atomic mass is 16.5. The van der Waals surface area contributed by atoms with Gasteiger partial charge in [-0.05, 0) is 12.8 Å². The SMILES string of the molecule is CCC(O)(CC)CNC(=O)COCC(=O)O. The van der Waals surface area contributed by atoms with Gasteiger partial charge >= 0.3 is 5.97 Å². The van der Waals surface area contributed by atoms with Crippen molar-refractivity contribution in [3.63, 3.8) is 0 Å². The van der Waals surface area contributed by atoms with Crippen molar-refractivity contribution in [2.75, 3.05) is 19.8 Å². The second-order valence-corrected chi connectivity index (χ2v) is 3.59. The Morgan fingerprint density at radius 2 is 1.81 bits per heavy atom. The first-order chi connectivity index (χ1) is 7.43. The summed E-state index contributed by atoms with van der Waals surface area (Å²) >= 11 is 0. The summed E-state index contributed by atoms with van der Waals surface area (Å²) in [5.74, 6) is -1.55. The van der Waals surface area contributed by atoms with Crippen molar-refractivity contribution in [2.24, 2.45) is 0 Å². The predicted molar refractivity (Wildman–Crippen MR) is 57.0 cm³/mol. The number of hydrogen-bond acceptors (Lipinski definition) is 4. The molecule has 0 aliphatic heterocycles. The van der Waals surface area contributed by atoms with Crippen molar-refractivity contribution in [3.05, 3.63) is 0 Å². The smallest absolute Gasteiger partial charge is 0.329 e. The maximum absolute atomic E-state index is 11.2. The van der Waals surface area contributed by atoms with Gasteiger partial charge in [0.15, 0.2) is 0 Å². The van der Waals surface area contributed by atoms with Crippen molar-refractivity contribution in [2.45, 2.75) is 32.3 Å². The first-order valence-corrected chi connectivity index (χ1v) is 5.22. The maximum Gasteiger partial charge on any atom is 0.329 e. The molecule has 0 saturated carbocycles. The molecule has 0 radical (unpaired) electrons. The van der Waals surface area contributed by atoms with E-state index in [0.29, 0.717) is 12.8 Å². The molecule has 0 aromatic heterocycles. The third-order valence-electron chi connectivity index (χ3n) is 2.39. The number of ether oxygens (including phenoxy) is 1. The summed E-state index contributed by atoms with van der Waals surface area (Å²) in [6.07, 6.45) is 1.08. The molecule has 0 bridgehead atoms. The Bertz CT molecular complexity index is 237. The summed E-state index contributed by atoms with van der Waals surface area (Å²) in [4.78, 5) is 21.3. The molecule has 1 amide bonds. The minimum absolute atomic E-state index is 0.148. The van der Waals surface area contributed by atoms with Crippen LogP contribution in [-0.2, 0) is 14.3 Å². The van der Waals surface area contributed by atoms with Gasteiger partial charge in [0.2, 0.25) is 5.91 Å². The van der Waals surface area contributed by atoms with Crippen LogP contribution >= 0.6 is 0 Å². The van der Waals surface area contributed by atoms with E-state index in [0.717, 1.165) is 0 Å². The monoisotopic (exact) mass is 233 g/mol. The molecule has 0 aromatic carbocycles. The number of carbonyl (C=O) groups is 2. The van der Waals surface area contributed by atoms with Crippen molar-refractivity contribution < 1.29 is 24.5 Å². The summed E-state index contributed by atoms with van der Waals surface area (Å²) in [5, 5.41) is 20.6. The van der Waals surface area contributed by atoms with Crippen LogP contribution in [-0.4, -0.2) is 47.4 Å². The minimum Gasteiger partial charge on any atom is -0.480 e. The molecular weight excluding hydrogens is 214 g/mol. The van der Waals surface area contributed by atoms with E-state index in [2.05, 4.69) is 10.1 Å². The molecule has 0 saturated heterocycles. The van der Waals surface area contributed by atoms with E-state index < -0.39 is 24.1 Å². The van der Waals surface area contributed by atoms with Gasteiger partial charge in [0, 0.05) is 6.54 Å². The average Bonchev–Trinajstić information content (AvgIpc) is 2.25. The van der Waals surface area contributed by atoms with E-state index in [4.69, 9.17) is 5.11 Å². The number of aliphatic carboxylic acids is 1. The lowest BCUT2D eigenvalue weighted by molar-refractivity contribution is -0.143. The zero-order valence-corrected chi connectivity index (χ0v) is 9.65. The number of carbonyl (C=O) groups excluding carboxylic acids is 1. The lowest BCUT2D eigenvalue weighted by Crippen LogP contribution is -2.43. The van der Waals surface area contributed by atoms with E-state index in [1.54, 1.807) is 0 Å². The summed E-state index contributed by atoms with van der Waals surface area (Å²) in [6, 6.07) is 0. The van der Waals surface area contributed by atoms with Crippen LogP contribution in [0.4, 0.5) is 0 Å². The van der Waals surface area contributed by atoms with Crippen LogP contribution in [0.3, 0.4) is 0 Å². The molecule has 0 aliphatic carbocycles. The van der Waals surface area contributed by atoms with Gasteiger partial charge in [0.25, 0.3) is 0 Å². The van der Waals surface area contributed by atoms with Gasteiger partial charge in [0.1, 0.15) is 13.2 Å². The van der Waals surface area contributed by atoms with Gasteiger partial charge in [-0.15, -0.1) is 0 Å². The molecule has 6 heteroatoms. The van der Waals surface area contributed by atoms with Gasteiger partial charge in [-0.2, -0.15) is 0 Å². The minimum atomic E-state index is -1.12. The Morgan fingerprint density at radius 1 is 1.25 bits per heavy atom. The predicted octanol–water partition coefficient (Wildman–Crippen LogP) is -0.245. The number of amides is 1. The molecular formula is C10H19NO5. The number of carboxylic acids is 1. The second-order valence-electron chi connectivity index (χ2n) is 3.59. The topological polar surface area (TPSA) is 95.9 Å². The van der Waals surface area contributed by atoms with Crippen molar-refractivity contribution in [3.8, 4) is 0 Å². The number of hydrogen-bond donors (Lipinski definition) is 3. The highest BCUT2D eigenvalue weighted by Gasteiger charge is 2.22. The Morgan fingerprint density at radius 3 is 2.25 bits per heavy atom. The molecule has 0 atom stereocenters. The van der Waals surface area contributed by atoms with Crippen LogP contribution in [0.25, 0.3) is 0 Å². The zero-order chi connectivity index (χ0) is 12.6.